The largest absolute Gasteiger partial charge is 0.488 e. The van der Waals surface area contributed by atoms with Crippen LogP contribution in [0.25, 0.3) is 11.0 Å². The van der Waals surface area contributed by atoms with E-state index >= 15 is 0 Å². The highest BCUT2D eigenvalue weighted by atomic mass is 16.6. The quantitative estimate of drug-likeness (QED) is 0.346. The van der Waals surface area contributed by atoms with Crippen molar-refractivity contribution in [3.8, 4) is 5.75 Å². The van der Waals surface area contributed by atoms with Crippen LogP contribution in [0.5, 0.6) is 5.75 Å². The van der Waals surface area contributed by atoms with Gasteiger partial charge in [-0.2, -0.15) is 0 Å². The number of fused-ring (bicyclic) bond motifs is 1. The lowest BCUT2D eigenvalue weighted by Gasteiger charge is -2.32. The first-order valence-corrected chi connectivity index (χ1v) is 15.4. The van der Waals surface area contributed by atoms with Crippen LogP contribution in [0.4, 0.5) is 10.7 Å². The van der Waals surface area contributed by atoms with Gasteiger partial charge in [0.2, 0.25) is 5.95 Å². The zero-order valence-corrected chi connectivity index (χ0v) is 25.7. The number of nitrogens with zero attached hydrogens (tertiary/aromatic N) is 5. The second-order valence-corrected chi connectivity index (χ2v) is 12.5. The van der Waals surface area contributed by atoms with Gasteiger partial charge in [0, 0.05) is 43.6 Å². The van der Waals surface area contributed by atoms with E-state index in [9.17, 15) is 9.90 Å². The maximum Gasteiger partial charge on any atom is 0.410 e. The van der Waals surface area contributed by atoms with Crippen LogP contribution in [0.1, 0.15) is 83.3 Å². The van der Waals surface area contributed by atoms with Crippen LogP contribution in [0.15, 0.2) is 36.5 Å². The lowest BCUT2D eigenvalue weighted by atomic mass is 10.1. The van der Waals surface area contributed by atoms with Crippen LogP contribution in [-0.2, 0) is 4.74 Å². The number of rotatable bonds is 7. The minimum absolute atomic E-state index is 0.0921. The molecule has 10 nitrogen and oxygen atoms in total. The molecule has 2 aliphatic rings. The second kappa shape index (κ2) is 12.9. The number of imidazole rings is 1. The highest BCUT2D eigenvalue weighted by Crippen LogP contribution is 2.37. The smallest absolute Gasteiger partial charge is 0.410 e. The normalized spacial score (nSPS) is 19.9. The van der Waals surface area contributed by atoms with Gasteiger partial charge in [-0.1, -0.05) is 13.0 Å². The summed E-state index contributed by atoms with van der Waals surface area (Å²) < 4.78 is 14.6. The number of para-hydroxylation sites is 1. The van der Waals surface area contributed by atoms with Crippen molar-refractivity contribution < 1.29 is 19.4 Å². The van der Waals surface area contributed by atoms with E-state index in [1.165, 1.54) is 0 Å². The molecule has 0 spiro atoms. The van der Waals surface area contributed by atoms with E-state index in [0.29, 0.717) is 24.6 Å². The number of pyridine rings is 1. The highest BCUT2D eigenvalue weighted by Gasteiger charge is 2.31. The number of piperidine rings is 1. The average Bonchev–Trinajstić information content (AvgIpc) is 3.13. The number of aryl methyl sites for hydroxylation is 1. The Morgan fingerprint density at radius 1 is 1.14 bits per heavy atom. The summed E-state index contributed by atoms with van der Waals surface area (Å²) in [6, 6.07) is 9.53. The van der Waals surface area contributed by atoms with E-state index < -0.39 is 11.8 Å². The Balaban J connectivity index is 1.52. The Morgan fingerprint density at radius 3 is 2.64 bits per heavy atom. The number of likely N-dealkylation sites (tertiary alicyclic amines) is 2. The molecule has 5 rings (SSSR count). The second-order valence-electron chi connectivity index (χ2n) is 12.5. The van der Waals surface area contributed by atoms with E-state index in [1.54, 1.807) is 12.3 Å². The minimum Gasteiger partial charge on any atom is -0.488 e. The molecule has 1 unspecified atom stereocenters. The van der Waals surface area contributed by atoms with Crippen LogP contribution >= 0.6 is 0 Å². The van der Waals surface area contributed by atoms with Crippen molar-refractivity contribution in [1.29, 1.82) is 0 Å². The summed E-state index contributed by atoms with van der Waals surface area (Å²) in [7, 11) is 0. The number of ether oxygens (including phenoxy) is 2. The van der Waals surface area contributed by atoms with Crippen molar-refractivity contribution in [3.05, 3.63) is 47.8 Å². The molecule has 0 bridgehead atoms. The number of carbonyl (C=O) groups excluding carboxylic acids is 1. The van der Waals surface area contributed by atoms with E-state index in [-0.39, 0.29) is 18.2 Å². The van der Waals surface area contributed by atoms with Crippen molar-refractivity contribution in [2.75, 3.05) is 38.0 Å². The average molecular weight is 579 g/mol. The zero-order chi connectivity index (χ0) is 29.9. The molecule has 2 fully saturated rings. The standard InChI is InChI=1S/C32H46N6O4/c1-6-36-18-14-25(15-19-36)41-27-12-9-11-26-28(27)38(30(34-26)35-29(39)23-13-16-33-22(2)20-23)24-10-7-8-17-37(21-24)31(40)42-32(3,4)5/h9,11-13,16,20,24-25,29,39H,6-8,10,14-15,17-19,21H2,1-5H3,(H,34,35)/t24-,29?/m1/s1. The Labute approximate surface area is 249 Å². The Kier molecular flexibility index (Phi) is 9.22. The predicted molar refractivity (Wildman–Crippen MR) is 164 cm³/mol. The molecule has 0 saturated carbocycles. The SMILES string of the molecule is CCN1CCC(Oc2cccc3nc(NC(O)c4ccnc(C)c4)n([C@@H]4CCCCN(C(=O)OC(C)(C)C)C4)c23)CC1. The fraction of sp³-hybridized carbons (Fsp3) is 0.594. The van der Waals surface area contributed by atoms with Crippen LogP contribution in [0.3, 0.4) is 0 Å². The third-order valence-corrected chi connectivity index (χ3v) is 8.11. The van der Waals surface area contributed by atoms with Crippen molar-refractivity contribution in [1.82, 2.24) is 24.3 Å². The number of carbonyl (C=O) groups is 1. The molecular weight excluding hydrogens is 532 g/mol. The van der Waals surface area contributed by atoms with Gasteiger partial charge >= 0.3 is 6.09 Å². The molecule has 2 aromatic heterocycles. The summed E-state index contributed by atoms with van der Waals surface area (Å²) >= 11 is 0. The van der Waals surface area contributed by atoms with Crippen LogP contribution < -0.4 is 10.1 Å². The third kappa shape index (κ3) is 7.15. The number of nitrogens with one attached hydrogen (secondary N) is 1. The van der Waals surface area contributed by atoms with Crippen LogP contribution in [-0.4, -0.2) is 80.0 Å². The molecule has 2 N–H and O–H groups in total. The number of amides is 1. The first kappa shape index (κ1) is 30.1. The molecule has 1 aromatic carbocycles. The topological polar surface area (TPSA) is 105 Å². The number of aliphatic hydroxyl groups excluding tert-OH is 1. The summed E-state index contributed by atoms with van der Waals surface area (Å²) in [4.78, 5) is 26.7. The van der Waals surface area contributed by atoms with E-state index in [2.05, 4.69) is 26.7 Å². The van der Waals surface area contributed by atoms with E-state index in [1.807, 2.05) is 56.9 Å². The molecule has 2 aliphatic heterocycles. The summed E-state index contributed by atoms with van der Waals surface area (Å²) in [6.07, 6.45) is 5.16. The lowest BCUT2D eigenvalue weighted by molar-refractivity contribution is 0.0238. The van der Waals surface area contributed by atoms with Gasteiger partial charge in [-0.25, -0.2) is 9.78 Å². The number of hydrogen-bond acceptors (Lipinski definition) is 8. The summed E-state index contributed by atoms with van der Waals surface area (Å²) in [5, 5.41) is 14.5. The fourth-order valence-corrected chi connectivity index (χ4v) is 5.96. The minimum atomic E-state index is -0.988. The van der Waals surface area contributed by atoms with Crippen molar-refractivity contribution in [3.63, 3.8) is 0 Å². The van der Waals surface area contributed by atoms with Gasteiger partial charge in [-0.15, -0.1) is 0 Å². The highest BCUT2D eigenvalue weighted by molar-refractivity contribution is 5.85. The fourth-order valence-electron chi connectivity index (χ4n) is 5.96. The van der Waals surface area contributed by atoms with Gasteiger partial charge < -0.3 is 34.3 Å². The van der Waals surface area contributed by atoms with Gasteiger partial charge in [0.1, 0.15) is 23.0 Å². The third-order valence-electron chi connectivity index (χ3n) is 8.11. The monoisotopic (exact) mass is 578 g/mol. The van der Waals surface area contributed by atoms with Crippen molar-refractivity contribution >= 4 is 23.1 Å². The Hall–Kier alpha value is -3.37. The van der Waals surface area contributed by atoms with Gasteiger partial charge in [-0.05, 0) is 90.6 Å². The molecule has 228 valence electrons. The molecule has 10 heteroatoms. The number of benzene rings is 1. The molecule has 42 heavy (non-hydrogen) atoms. The van der Waals surface area contributed by atoms with Gasteiger partial charge in [0.05, 0.1) is 11.6 Å². The first-order valence-electron chi connectivity index (χ1n) is 15.4. The summed E-state index contributed by atoms with van der Waals surface area (Å²) in [5.74, 6) is 1.32. The molecular formula is C32H46N6O4. The predicted octanol–water partition coefficient (Wildman–Crippen LogP) is 5.67. The Morgan fingerprint density at radius 2 is 1.93 bits per heavy atom. The number of aliphatic hydroxyl groups is 1. The van der Waals surface area contributed by atoms with Gasteiger partial charge in [-0.3, -0.25) is 4.98 Å². The Bertz CT molecular complexity index is 1360. The molecule has 3 aromatic rings. The molecule has 2 atom stereocenters. The van der Waals surface area contributed by atoms with Gasteiger partial charge in [0.15, 0.2) is 6.23 Å². The molecule has 1 amide bonds. The maximum absolute atomic E-state index is 13.2. The van der Waals surface area contributed by atoms with Crippen molar-refractivity contribution in [2.45, 2.75) is 90.7 Å². The number of hydrogen-bond donors (Lipinski definition) is 2. The molecule has 0 aliphatic carbocycles. The molecule has 0 radical (unpaired) electrons. The number of anilines is 1. The number of aromatic nitrogens is 3. The zero-order valence-electron chi connectivity index (χ0n) is 25.7. The summed E-state index contributed by atoms with van der Waals surface area (Å²) in [6.45, 7) is 14.0. The van der Waals surface area contributed by atoms with E-state index in [0.717, 1.165) is 74.2 Å². The first-order chi connectivity index (χ1) is 20.1. The van der Waals surface area contributed by atoms with E-state index in [4.69, 9.17) is 14.5 Å². The molecule has 2 saturated heterocycles. The lowest BCUT2D eigenvalue weighted by Crippen LogP contribution is -2.39. The van der Waals surface area contributed by atoms with Crippen LogP contribution in [0.2, 0.25) is 0 Å². The van der Waals surface area contributed by atoms with Crippen molar-refractivity contribution in [2.24, 2.45) is 0 Å². The summed E-state index contributed by atoms with van der Waals surface area (Å²) in [5.41, 5.74) is 2.62. The molecule has 4 heterocycles. The van der Waals surface area contributed by atoms with Gasteiger partial charge in [0.25, 0.3) is 0 Å². The van der Waals surface area contributed by atoms with Crippen LogP contribution in [0, 0.1) is 6.92 Å². The maximum atomic E-state index is 13.2.